The van der Waals surface area contributed by atoms with Crippen LogP contribution in [0.15, 0.2) is 42.5 Å². The first-order valence-corrected chi connectivity index (χ1v) is 9.29. The van der Waals surface area contributed by atoms with Crippen LogP contribution in [0.3, 0.4) is 0 Å². The van der Waals surface area contributed by atoms with E-state index in [1.165, 1.54) is 0 Å². The lowest BCUT2D eigenvalue weighted by Crippen LogP contribution is -2.43. The molecule has 2 atom stereocenters. The Labute approximate surface area is 165 Å². The second-order valence-corrected chi connectivity index (χ2v) is 7.39. The summed E-state index contributed by atoms with van der Waals surface area (Å²) in [5.74, 6) is 1.54. The van der Waals surface area contributed by atoms with Gasteiger partial charge in [0.15, 0.2) is 0 Å². The van der Waals surface area contributed by atoms with Gasteiger partial charge >= 0.3 is 0 Å². The van der Waals surface area contributed by atoms with Gasteiger partial charge in [0, 0.05) is 6.54 Å². The molecule has 1 saturated heterocycles. The van der Waals surface area contributed by atoms with Crippen LogP contribution in [0.25, 0.3) is 0 Å². The fraction of sp³-hybridized carbons (Fsp3) is 0.409. The van der Waals surface area contributed by atoms with Gasteiger partial charge in [0.2, 0.25) is 0 Å². The van der Waals surface area contributed by atoms with Gasteiger partial charge in [-0.15, -0.1) is 0 Å². The zero-order valence-corrected chi connectivity index (χ0v) is 16.7. The standard InChI is InChI=1S/C22H27NO5/c1-22(2)19(14-24)23(13-12-15-8-10-16(25)11-9-15)21(28-22)20-17(26-3)6-5-7-18(20)27-4/h5-11,14,19,21,25H,12-13H2,1-4H3. The highest BCUT2D eigenvalue weighted by atomic mass is 16.5. The Morgan fingerprint density at radius 1 is 1.11 bits per heavy atom. The number of carbonyl (C=O) groups excluding carboxylic acids is 1. The summed E-state index contributed by atoms with van der Waals surface area (Å²) in [5, 5.41) is 9.49. The minimum atomic E-state index is -0.659. The molecule has 2 aromatic carbocycles. The molecule has 1 N–H and O–H groups in total. The van der Waals surface area contributed by atoms with E-state index in [0.29, 0.717) is 24.5 Å². The molecule has 3 rings (SSSR count). The summed E-state index contributed by atoms with van der Waals surface area (Å²) in [5.41, 5.74) is 1.18. The van der Waals surface area contributed by atoms with Gasteiger partial charge in [-0.05, 0) is 50.1 Å². The van der Waals surface area contributed by atoms with Gasteiger partial charge in [0.1, 0.15) is 29.8 Å². The van der Waals surface area contributed by atoms with E-state index >= 15 is 0 Å². The van der Waals surface area contributed by atoms with Crippen molar-refractivity contribution in [2.24, 2.45) is 0 Å². The molecule has 0 aliphatic carbocycles. The maximum atomic E-state index is 12.0. The number of carbonyl (C=O) groups is 1. The highest BCUT2D eigenvalue weighted by Crippen LogP contribution is 2.46. The lowest BCUT2D eigenvalue weighted by atomic mass is 9.99. The van der Waals surface area contributed by atoms with E-state index in [1.54, 1.807) is 26.4 Å². The van der Waals surface area contributed by atoms with Crippen LogP contribution in [0.4, 0.5) is 0 Å². The van der Waals surface area contributed by atoms with Crippen molar-refractivity contribution in [3.05, 3.63) is 53.6 Å². The number of phenolic OH excluding ortho intramolecular Hbond substituents is 1. The van der Waals surface area contributed by atoms with Gasteiger partial charge in [-0.25, -0.2) is 0 Å². The predicted octanol–water partition coefficient (Wildman–Crippen LogP) is 3.33. The van der Waals surface area contributed by atoms with Gasteiger partial charge in [0.25, 0.3) is 0 Å². The summed E-state index contributed by atoms with van der Waals surface area (Å²) in [6.45, 7) is 4.44. The maximum Gasteiger partial charge on any atom is 0.145 e. The summed E-state index contributed by atoms with van der Waals surface area (Å²) in [4.78, 5) is 14.0. The molecular formula is C22H27NO5. The maximum absolute atomic E-state index is 12.0. The highest BCUT2D eigenvalue weighted by Gasteiger charge is 2.49. The number of ether oxygens (including phenoxy) is 3. The largest absolute Gasteiger partial charge is 0.508 e. The third-order valence-electron chi connectivity index (χ3n) is 5.22. The molecular weight excluding hydrogens is 358 g/mol. The first-order valence-electron chi connectivity index (χ1n) is 9.29. The van der Waals surface area contributed by atoms with E-state index in [1.807, 2.05) is 49.1 Å². The molecule has 1 aliphatic heterocycles. The molecule has 1 heterocycles. The zero-order valence-electron chi connectivity index (χ0n) is 16.7. The van der Waals surface area contributed by atoms with Crippen molar-refractivity contribution in [2.45, 2.75) is 38.1 Å². The van der Waals surface area contributed by atoms with Crippen LogP contribution in [0.2, 0.25) is 0 Å². The molecule has 0 saturated carbocycles. The first-order chi connectivity index (χ1) is 13.4. The molecule has 0 radical (unpaired) electrons. The van der Waals surface area contributed by atoms with Gasteiger partial charge < -0.3 is 24.1 Å². The summed E-state index contributed by atoms with van der Waals surface area (Å²) in [6, 6.07) is 12.3. The third-order valence-corrected chi connectivity index (χ3v) is 5.22. The Hall–Kier alpha value is -2.57. The highest BCUT2D eigenvalue weighted by molar-refractivity contribution is 5.61. The molecule has 2 unspecified atom stereocenters. The Kier molecular flexibility index (Phi) is 5.91. The van der Waals surface area contributed by atoms with Crippen LogP contribution >= 0.6 is 0 Å². The predicted molar refractivity (Wildman–Crippen MR) is 106 cm³/mol. The van der Waals surface area contributed by atoms with Crippen LogP contribution in [0.1, 0.15) is 31.2 Å². The molecule has 0 spiro atoms. The average Bonchev–Trinajstić information content (AvgIpc) is 2.95. The number of rotatable bonds is 7. The van der Waals surface area contributed by atoms with E-state index in [0.717, 1.165) is 17.4 Å². The minimum Gasteiger partial charge on any atom is -0.508 e. The average molecular weight is 385 g/mol. The molecule has 6 nitrogen and oxygen atoms in total. The molecule has 0 amide bonds. The lowest BCUT2D eigenvalue weighted by Gasteiger charge is -2.28. The van der Waals surface area contributed by atoms with Crippen LogP contribution < -0.4 is 9.47 Å². The Morgan fingerprint density at radius 2 is 1.71 bits per heavy atom. The third kappa shape index (κ3) is 3.84. The van der Waals surface area contributed by atoms with Crippen LogP contribution in [-0.4, -0.2) is 48.7 Å². The molecule has 1 fully saturated rings. The Balaban J connectivity index is 1.96. The lowest BCUT2D eigenvalue weighted by molar-refractivity contribution is -0.113. The summed E-state index contributed by atoms with van der Waals surface area (Å²) in [7, 11) is 3.21. The van der Waals surface area contributed by atoms with Crippen molar-refractivity contribution in [1.29, 1.82) is 0 Å². The van der Waals surface area contributed by atoms with Gasteiger partial charge in [-0.2, -0.15) is 0 Å². The monoisotopic (exact) mass is 385 g/mol. The van der Waals surface area contributed by atoms with E-state index in [-0.39, 0.29) is 5.75 Å². The number of aldehydes is 1. The molecule has 1 aliphatic rings. The van der Waals surface area contributed by atoms with E-state index in [2.05, 4.69) is 0 Å². The van der Waals surface area contributed by atoms with E-state index in [4.69, 9.17) is 14.2 Å². The second kappa shape index (κ2) is 8.20. The number of hydrogen-bond acceptors (Lipinski definition) is 6. The van der Waals surface area contributed by atoms with Crippen LogP contribution in [0, 0.1) is 0 Å². The first kappa shape index (κ1) is 20.2. The van der Waals surface area contributed by atoms with Crippen molar-refractivity contribution in [3.8, 4) is 17.2 Å². The fourth-order valence-electron chi connectivity index (χ4n) is 3.74. The normalized spacial score (nSPS) is 21.4. The van der Waals surface area contributed by atoms with Gasteiger partial charge in [0.05, 0.1) is 31.4 Å². The smallest absolute Gasteiger partial charge is 0.145 e. The van der Waals surface area contributed by atoms with Crippen molar-refractivity contribution >= 4 is 6.29 Å². The van der Waals surface area contributed by atoms with Crippen molar-refractivity contribution in [3.63, 3.8) is 0 Å². The minimum absolute atomic E-state index is 0.233. The fourth-order valence-corrected chi connectivity index (χ4v) is 3.74. The Bertz CT molecular complexity index is 796. The zero-order chi connectivity index (χ0) is 20.3. The van der Waals surface area contributed by atoms with Crippen molar-refractivity contribution < 1.29 is 24.1 Å². The summed E-state index contributed by atoms with van der Waals surface area (Å²) >= 11 is 0. The molecule has 0 bridgehead atoms. The molecule has 28 heavy (non-hydrogen) atoms. The molecule has 2 aromatic rings. The van der Waals surface area contributed by atoms with Gasteiger partial charge in [-0.3, -0.25) is 4.90 Å². The number of benzene rings is 2. The van der Waals surface area contributed by atoms with Gasteiger partial charge in [-0.1, -0.05) is 18.2 Å². The second-order valence-electron chi connectivity index (χ2n) is 7.39. The SMILES string of the molecule is COc1cccc(OC)c1C1OC(C)(C)C(C=O)N1CCc1ccc(O)cc1. The van der Waals surface area contributed by atoms with Crippen molar-refractivity contribution in [2.75, 3.05) is 20.8 Å². The molecule has 0 aromatic heterocycles. The number of phenols is 1. The van der Waals surface area contributed by atoms with Crippen molar-refractivity contribution in [1.82, 2.24) is 4.90 Å². The number of aromatic hydroxyl groups is 1. The number of nitrogens with zero attached hydrogens (tertiary/aromatic N) is 1. The summed E-state index contributed by atoms with van der Waals surface area (Å²) < 4.78 is 17.5. The number of methoxy groups -OCH3 is 2. The Morgan fingerprint density at radius 3 is 2.25 bits per heavy atom. The topological polar surface area (TPSA) is 68.2 Å². The van der Waals surface area contributed by atoms with E-state index < -0.39 is 17.9 Å². The quantitative estimate of drug-likeness (QED) is 0.738. The number of hydrogen-bond donors (Lipinski definition) is 1. The van der Waals surface area contributed by atoms with Crippen LogP contribution in [-0.2, 0) is 16.0 Å². The van der Waals surface area contributed by atoms with E-state index in [9.17, 15) is 9.90 Å². The van der Waals surface area contributed by atoms with Crippen LogP contribution in [0.5, 0.6) is 17.2 Å². The molecule has 6 heteroatoms. The molecule has 150 valence electrons. The summed E-state index contributed by atoms with van der Waals surface area (Å²) in [6.07, 6.45) is 1.17.